The minimum Gasteiger partial charge on any atom is -0.391 e. The largest absolute Gasteiger partial charge is 0.391 e. The van der Waals surface area contributed by atoms with Gasteiger partial charge in [-0.3, -0.25) is 44.5 Å². The molecule has 2 saturated heterocycles. The van der Waals surface area contributed by atoms with Crippen molar-refractivity contribution in [3.8, 4) is 10.4 Å². The Kier molecular flexibility index (Phi) is 13.8. The predicted molar refractivity (Wildman–Crippen MR) is 254 cm³/mol. The lowest BCUT2D eigenvalue weighted by atomic mass is 9.85. The van der Waals surface area contributed by atoms with Crippen molar-refractivity contribution < 1.29 is 38.3 Å². The molecule has 5 atom stereocenters. The van der Waals surface area contributed by atoms with E-state index in [4.69, 9.17) is 4.98 Å². The van der Waals surface area contributed by atoms with E-state index in [1.165, 1.54) is 53.3 Å². The molecule has 68 heavy (non-hydrogen) atoms. The van der Waals surface area contributed by atoms with Crippen molar-refractivity contribution in [3.05, 3.63) is 100 Å². The number of aromatic amines is 1. The number of aromatic nitrogens is 3. The Morgan fingerprint density at radius 2 is 1.66 bits per heavy atom. The fraction of sp³-hybridized carbons (Fsp3) is 0.429. The maximum Gasteiger partial charge on any atom is 0.269 e. The van der Waals surface area contributed by atoms with E-state index >= 15 is 0 Å². The number of carbonyl (C=O) groups excluding carboxylic acids is 6. The molecule has 358 valence electrons. The Bertz CT molecular complexity index is 2710. The summed E-state index contributed by atoms with van der Waals surface area (Å²) in [6.45, 7) is 10.8. The van der Waals surface area contributed by atoms with Crippen LogP contribution >= 0.6 is 11.3 Å². The number of H-pyrrole nitrogens is 1. The van der Waals surface area contributed by atoms with E-state index in [1.54, 1.807) is 44.5 Å². The maximum absolute atomic E-state index is 14.7. The molecule has 6 amide bonds. The normalized spacial score (nSPS) is 19.8. The highest BCUT2D eigenvalue weighted by molar-refractivity contribution is 7.13. The van der Waals surface area contributed by atoms with Gasteiger partial charge in [0.15, 0.2) is 5.67 Å². The third-order valence-corrected chi connectivity index (χ3v) is 13.9. The van der Waals surface area contributed by atoms with Gasteiger partial charge in [-0.25, -0.2) is 14.4 Å². The molecule has 3 aromatic carbocycles. The van der Waals surface area contributed by atoms with Gasteiger partial charge < -0.3 is 30.9 Å². The molecule has 17 nitrogen and oxygen atoms in total. The fourth-order valence-corrected chi connectivity index (χ4v) is 9.54. The van der Waals surface area contributed by atoms with Gasteiger partial charge in [0.25, 0.3) is 17.7 Å². The Hall–Kier alpha value is -6.57. The minimum absolute atomic E-state index is 0.0554. The summed E-state index contributed by atoms with van der Waals surface area (Å²) in [4.78, 5) is 98.0. The second kappa shape index (κ2) is 19.6. The first kappa shape index (κ1) is 47.9. The van der Waals surface area contributed by atoms with Gasteiger partial charge in [-0.1, -0.05) is 45.0 Å². The molecule has 1 aliphatic carbocycles. The average Bonchev–Trinajstić information content (AvgIpc) is 3.70. The molecule has 19 heteroatoms. The summed E-state index contributed by atoms with van der Waals surface area (Å²) in [6, 6.07) is 15.7. The lowest BCUT2D eigenvalue weighted by Gasteiger charge is -2.36. The molecule has 7 N–H and O–H groups in total. The van der Waals surface area contributed by atoms with Gasteiger partial charge >= 0.3 is 0 Å². The van der Waals surface area contributed by atoms with Crippen molar-refractivity contribution in [3.63, 3.8) is 0 Å². The number of thiazole rings is 1. The van der Waals surface area contributed by atoms with Gasteiger partial charge in [0.1, 0.15) is 17.9 Å². The number of rotatable bonds is 14. The topological polar surface area (TPSA) is 231 Å². The Morgan fingerprint density at radius 3 is 2.29 bits per heavy atom. The van der Waals surface area contributed by atoms with Gasteiger partial charge in [-0.05, 0) is 105 Å². The van der Waals surface area contributed by atoms with Crippen LogP contribution in [0.4, 0.5) is 10.1 Å². The first-order valence-corrected chi connectivity index (χ1v) is 23.8. The minimum atomic E-state index is -2.04. The van der Waals surface area contributed by atoms with Gasteiger partial charge in [0.2, 0.25) is 17.7 Å². The van der Waals surface area contributed by atoms with Gasteiger partial charge in [-0.15, -0.1) is 11.3 Å². The van der Waals surface area contributed by atoms with Gasteiger partial charge in [0.05, 0.1) is 52.2 Å². The van der Waals surface area contributed by atoms with Crippen LogP contribution in [0, 0.1) is 12.3 Å². The zero-order valence-corrected chi connectivity index (χ0v) is 39.5. The van der Waals surface area contributed by atoms with E-state index < -0.39 is 64.8 Å². The van der Waals surface area contributed by atoms with Crippen LogP contribution in [0.5, 0.6) is 0 Å². The number of hydrogen-bond donors (Lipinski definition) is 7. The standard InChI is InChI=1S/C49H57FN10O7S/c1-27-7-6-20-59(27)25-39-53-35-17-16-33(21-37(35)54-39)52-43(63)31-12-14-32(15-13-31)44(64)58-57-40(62)23-36(29-8-10-30(11-9-29)41-28(2)51-26-68-41)55-45(65)38-22-34(61)24-60(38)46(66)42(48(3,4)5)56-47(67)49(50)18-19-49/h8-17,21,26-27,34,36,38,42,61H,6-7,18-20,22-25H2,1-5H3,(H,52,63)(H,53,54)(H,55,65)(H,56,67)(H,57,62)(H,58,64)/t27-,34+,36-,38-,42+/m0/s1. The van der Waals surface area contributed by atoms with E-state index in [2.05, 4.69) is 48.6 Å². The number of carbonyl (C=O) groups is 6. The lowest BCUT2D eigenvalue weighted by Crippen LogP contribution is -2.59. The summed E-state index contributed by atoms with van der Waals surface area (Å²) in [6.07, 6.45) is 0.921. The zero-order chi connectivity index (χ0) is 48.5. The highest BCUT2D eigenvalue weighted by atomic mass is 32.1. The number of hydrazine groups is 1. The van der Waals surface area contributed by atoms with E-state index in [9.17, 15) is 38.3 Å². The van der Waals surface area contributed by atoms with Crippen molar-refractivity contribution >= 4 is 63.5 Å². The first-order valence-electron chi connectivity index (χ1n) is 22.9. The average molecular weight is 949 g/mol. The summed E-state index contributed by atoms with van der Waals surface area (Å²) < 4.78 is 14.7. The smallest absolute Gasteiger partial charge is 0.269 e. The van der Waals surface area contributed by atoms with Crippen LogP contribution in [0.15, 0.2) is 72.2 Å². The highest BCUT2D eigenvalue weighted by Crippen LogP contribution is 2.40. The second-order valence-electron chi connectivity index (χ2n) is 19.2. The number of aliphatic hydroxyl groups is 1. The number of β-amino-alcohol motifs (C(OH)–C–C–N with tert-alkyl or cyclic N) is 1. The van der Waals surface area contributed by atoms with Crippen LogP contribution in [0.25, 0.3) is 21.5 Å². The first-order chi connectivity index (χ1) is 32.3. The number of anilines is 1. The number of benzene rings is 3. The van der Waals surface area contributed by atoms with Crippen LogP contribution in [-0.2, 0) is 25.7 Å². The quantitative estimate of drug-likeness (QED) is 0.0717. The number of imidazole rings is 1. The monoisotopic (exact) mass is 948 g/mol. The van der Waals surface area contributed by atoms with E-state index in [0.717, 1.165) is 46.1 Å². The van der Waals surface area contributed by atoms with Gasteiger partial charge in [-0.2, -0.15) is 0 Å². The number of halogens is 1. The maximum atomic E-state index is 14.7. The Balaban J connectivity index is 0.907. The predicted octanol–water partition coefficient (Wildman–Crippen LogP) is 5.23. The molecule has 2 aliphatic heterocycles. The molecule has 5 aromatic rings. The number of alkyl halides is 1. The second-order valence-corrected chi connectivity index (χ2v) is 20.1. The summed E-state index contributed by atoms with van der Waals surface area (Å²) in [5, 5.41) is 19.1. The molecule has 3 aliphatic rings. The third-order valence-electron chi connectivity index (χ3n) is 12.9. The Labute approximate surface area is 397 Å². The molecular weight excluding hydrogens is 892 g/mol. The number of nitrogens with one attached hydrogen (secondary N) is 6. The molecule has 1 saturated carbocycles. The van der Waals surface area contributed by atoms with Gasteiger partial charge in [0, 0.05) is 35.8 Å². The van der Waals surface area contributed by atoms with Crippen molar-refractivity contribution in [2.45, 2.75) is 116 Å². The molecule has 0 unspecified atom stereocenters. The number of nitrogens with zero attached hydrogens (tertiary/aromatic N) is 4. The molecule has 4 heterocycles. The summed E-state index contributed by atoms with van der Waals surface area (Å²) >= 11 is 1.47. The molecule has 8 rings (SSSR count). The summed E-state index contributed by atoms with van der Waals surface area (Å²) in [5.74, 6) is -3.04. The lowest BCUT2D eigenvalue weighted by molar-refractivity contribution is -0.145. The van der Waals surface area contributed by atoms with E-state index in [1.807, 2.05) is 31.2 Å². The van der Waals surface area contributed by atoms with Crippen molar-refractivity contribution in [2.24, 2.45) is 5.41 Å². The van der Waals surface area contributed by atoms with Crippen molar-refractivity contribution in [1.29, 1.82) is 0 Å². The number of fused-ring (bicyclic) bond motifs is 1. The van der Waals surface area contributed by atoms with E-state index in [-0.39, 0.29) is 43.7 Å². The summed E-state index contributed by atoms with van der Waals surface area (Å²) in [7, 11) is 0. The van der Waals surface area contributed by atoms with Crippen LogP contribution in [0.2, 0.25) is 0 Å². The molecule has 0 spiro atoms. The van der Waals surface area contributed by atoms with Crippen LogP contribution in [0.3, 0.4) is 0 Å². The Morgan fingerprint density at radius 1 is 0.956 bits per heavy atom. The third kappa shape index (κ3) is 10.9. The zero-order valence-electron chi connectivity index (χ0n) is 38.7. The fourth-order valence-electron chi connectivity index (χ4n) is 8.73. The molecule has 0 radical (unpaired) electrons. The number of hydrogen-bond acceptors (Lipinski definition) is 11. The molecule has 2 aromatic heterocycles. The number of amides is 6. The SMILES string of the molecule is Cc1ncsc1-c1ccc([C@H](CC(=O)NNC(=O)c2ccc(C(=O)Nc3ccc4nc(CN5CCC[C@@H]5C)[nH]c4c3)cc2)NC(=O)[C@@H]2C[C@@H](O)CN2C(=O)[C@@H](NC(=O)C2(F)CC2)C(C)(C)C)cc1. The van der Waals surface area contributed by atoms with Crippen molar-refractivity contribution in [1.82, 2.24) is 46.2 Å². The number of likely N-dealkylation sites (tertiary alicyclic amines) is 2. The molecule has 0 bridgehead atoms. The summed E-state index contributed by atoms with van der Waals surface area (Å²) in [5.41, 5.74) is 8.53. The molecular formula is C49H57FN10O7S. The van der Waals surface area contributed by atoms with Crippen LogP contribution < -0.4 is 26.8 Å². The van der Waals surface area contributed by atoms with Crippen LogP contribution in [-0.4, -0.2) is 108 Å². The number of aliphatic hydroxyl groups excluding tert-OH is 1. The van der Waals surface area contributed by atoms with Crippen molar-refractivity contribution in [2.75, 3.05) is 18.4 Å². The molecule has 3 fully saturated rings. The number of aryl methyl sites for hydroxylation is 1. The van der Waals surface area contributed by atoms with E-state index in [0.29, 0.717) is 22.9 Å². The van der Waals surface area contributed by atoms with Crippen LogP contribution in [0.1, 0.15) is 110 Å². The highest BCUT2D eigenvalue weighted by Gasteiger charge is 2.53.